The molecule has 3 N–H and O–H groups in total. The van der Waals surface area contributed by atoms with Crippen molar-refractivity contribution in [2.24, 2.45) is 0 Å². The first kappa shape index (κ1) is 21.0. The third-order valence-corrected chi connectivity index (χ3v) is 5.82. The summed E-state index contributed by atoms with van der Waals surface area (Å²) in [6.45, 7) is 1.30. The van der Waals surface area contributed by atoms with Crippen LogP contribution in [0.4, 0.5) is 4.79 Å². The van der Waals surface area contributed by atoms with Gasteiger partial charge in [0.15, 0.2) is 0 Å². The molecule has 2 aromatic rings. The van der Waals surface area contributed by atoms with Crippen LogP contribution in [0, 0.1) is 0 Å². The highest BCUT2D eigenvalue weighted by molar-refractivity contribution is 9.10. The fraction of sp³-hybridized carbons (Fsp3) is 0.381. The Morgan fingerprint density at radius 3 is 2.68 bits per heavy atom. The molecule has 0 spiro atoms. The number of amides is 2. The van der Waals surface area contributed by atoms with E-state index in [1.54, 1.807) is 0 Å². The first-order chi connectivity index (χ1) is 13.2. The zero-order chi connectivity index (χ0) is 18.6. The van der Waals surface area contributed by atoms with Crippen molar-refractivity contribution in [3.8, 4) is 5.75 Å². The van der Waals surface area contributed by atoms with Crippen LogP contribution in [-0.2, 0) is 13.2 Å². The fourth-order valence-corrected chi connectivity index (χ4v) is 4.29. The number of urea groups is 1. The molecule has 4 rings (SSSR count). The van der Waals surface area contributed by atoms with Gasteiger partial charge in [0.1, 0.15) is 12.4 Å². The Kier molecular flexibility index (Phi) is 7.21. The van der Waals surface area contributed by atoms with Crippen LogP contribution in [0.1, 0.15) is 30.4 Å². The molecule has 1 aliphatic heterocycles. The van der Waals surface area contributed by atoms with Gasteiger partial charge in [-0.1, -0.05) is 46.3 Å². The number of fused-ring (bicyclic) bond motifs is 1. The number of halogens is 2. The van der Waals surface area contributed by atoms with E-state index in [1.807, 2.05) is 30.3 Å². The normalized spacial score (nSPS) is 23.2. The van der Waals surface area contributed by atoms with Crippen molar-refractivity contribution < 1.29 is 9.53 Å². The third-order valence-electron chi connectivity index (χ3n) is 5.32. The van der Waals surface area contributed by atoms with Crippen molar-refractivity contribution in [3.05, 3.63) is 64.1 Å². The van der Waals surface area contributed by atoms with Crippen LogP contribution in [0.15, 0.2) is 53.0 Å². The van der Waals surface area contributed by atoms with E-state index in [1.165, 1.54) is 0 Å². The summed E-state index contributed by atoms with van der Waals surface area (Å²) < 4.78 is 7.12. The predicted molar refractivity (Wildman–Crippen MR) is 116 cm³/mol. The summed E-state index contributed by atoms with van der Waals surface area (Å²) in [4.78, 5) is 11.5. The van der Waals surface area contributed by atoms with E-state index in [0.29, 0.717) is 12.6 Å². The van der Waals surface area contributed by atoms with E-state index < -0.39 is 0 Å². The van der Waals surface area contributed by atoms with Crippen LogP contribution in [0.3, 0.4) is 0 Å². The molecule has 1 heterocycles. The number of nitrogens with one attached hydrogen (secondary N) is 3. The van der Waals surface area contributed by atoms with Crippen LogP contribution in [0.2, 0.25) is 0 Å². The van der Waals surface area contributed by atoms with Gasteiger partial charge in [0, 0.05) is 22.6 Å². The highest BCUT2D eigenvalue weighted by Crippen LogP contribution is 2.26. The smallest absolute Gasteiger partial charge is 0.315 e. The monoisotopic (exact) mass is 465 g/mol. The summed E-state index contributed by atoms with van der Waals surface area (Å²) in [7, 11) is 0. The van der Waals surface area contributed by atoms with E-state index in [0.717, 1.165) is 47.2 Å². The number of hydrogen-bond acceptors (Lipinski definition) is 3. The van der Waals surface area contributed by atoms with Crippen LogP contribution in [-0.4, -0.2) is 24.2 Å². The molecule has 2 aromatic carbocycles. The Labute approximate surface area is 180 Å². The Bertz CT molecular complexity index is 805. The lowest BCUT2D eigenvalue weighted by atomic mass is 9.88. The van der Waals surface area contributed by atoms with E-state index >= 15 is 0 Å². The van der Waals surface area contributed by atoms with Crippen LogP contribution >= 0.6 is 28.3 Å². The van der Waals surface area contributed by atoms with Crippen LogP contribution in [0.25, 0.3) is 0 Å². The highest BCUT2D eigenvalue weighted by Gasteiger charge is 2.36. The maximum absolute atomic E-state index is 11.5. The van der Waals surface area contributed by atoms with Gasteiger partial charge in [-0.15, -0.1) is 12.4 Å². The molecule has 0 radical (unpaired) electrons. The summed E-state index contributed by atoms with van der Waals surface area (Å²) >= 11 is 3.56. The number of carbonyl (C=O) groups excluding carboxylic acids is 1. The molecule has 5 nitrogen and oxygen atoms in total. The summed E-state index contributed by atoms with van der Waals surface area (Å²) in [5.41, 5.74) is 2.29. The Balaban J connectivity index is 0.00000225. The second-order valence-corrected chi connectivity index (χ2v) is 8.16. The number of rotatable bonds is 6. The summed E-state index contributed by atoms with van der Waals surface area (Å²) in [6, 6.07) is 17.2. The quantitative estimate of drug-likeness (QED) is 0.599. The average molecular weight is 467 g/mol. The van der Waals surface area contributed by atoms with Crippen LogP contribution in [0.5, 0.6) is 5.75 Å². The molecular formula is C21H25BrClN3O2. The molecule has 7 heteroatoms. The molecule has 2 aliphatic rings. The number of benzene rings is 2. The molecule has 0 aromatic heterocycles. The zero-order valence-electron chi connectivity index (χ0n) is 15.5. The van der Waals surface area contributed by atoms with E-state index in [-0.39, 0.29) is 30.5 Å². The minimum Gasteiger partial charge on any atom is -0.489 e. The van der Waals surface area contributed by atoms with Gasteiger partial charge in [-0.05, 0) is 43.0 Å². The lowest BCUT2D eigenvalue weighted by Crippen LogP contribution is -2.46. The lowest BCUT2D eigenvalue weighted by molar-refractivity contribution is 0.247. The van der Waals surface area contributed by atoms with Gasteiger partial charge in [0.05, 0.1) is 12.1 Å². The van der Waals surface area contributed by atoms with Gasteiger partial charge < -0.3 is 20.7 Å². The number of ether oxygens (including phenoxy) is 1. The molecule has 150 valence electrons. The topological polar surface area (TPSA) is 62.4 Å². The summed E-state index contributed by atoms with van der Waals surface area (Å²) in [6.07, 6.45) is 3.03. The Morgan fingerprint density at radius 1 is 1.07 bits per heavy atom. The maximum Gasteiger partial charge on any atom is 0.315 e. The highest BCUT2D eigenvalue weighted by atomic mass is 79.9. The molecular weight excluding hydrogens is 442 g/mol. The molecule has 28 heavy (non-hydrogen) atoms. The third kappa shape index (κ3) is 5.19. The first-order valence-corrected chi connectivity index (χ1v) is 10.2. The molecule has 1 saturated carbocycles. The molecule has 1 saturated heterocycles. The Morgan fingerprint density at radius 2 is 1.86 bits per heavy atom. The van der Waals surface area contributed by atoms with Gasteiger partial charge in [0.25, 0.3) is 0 Å². The number of hydrogen-bond donors (Lipinski definition) is 3. The van der Waals surface area contributed by atoms with Crippen molar-refractivity contribution in [1.82, 2.24) is 16.0 Å². The van der Waals surface area contributed by atoms with Gasteiger partial charge >= 0.3 is 6.03 Å². The van der Waals surface area contributed by atoms with E-state index in [9.17, 15) is 4.79 Å². The van der Waals surface area contributed by atoms with E-state index in [2.05, 4.69) is 50.1 Å². The van der Waals surface area contributed by atoms with Crippen molar-refractivity contribution in [3.63, 3.8) is 0 Å². The zero-order valence-corrected chi connectivity index (χ0v) is 17.9. The molecule has 3 unspecified atom stereocenters. The van der Waals surface area contributed by atoms with Gasteiger partial charge in [0.2, 0.25) is 0 Å². The van der Waals surface area contributed by atoms with Crippen molar-refractivity contribution in [2.45, 2.75) is 50.5 Å². The molecule has 0 bridgehead atoms. The van der Waals surface area contributed by atoms with E-state index in [4.69, 9.17) is 4.74 Å². The molecule has 2 amide bonds. The van der Waals surface area contributed by atoms with Gasteiger partial charge in [-0.25, -0.2) is 4.79 Å². The van der Waals surface area contributed by atoms with Gasteiger partial charge in [-0.2, -0.15) is 0 Å². The first-order valence-electron chi connectivity index (χ1n) is 9.43. The Hall–Kier alpha value is -1.76. The molecule has 1 aliphatic carbocycles. The van der Waals surface area contributed by atoms with Crippen molar-refractivity contribution in [2.75, 3.05) is 0 Å². The standard InChI is InChI=1S/C21H24BrN3O2.ClH/c22-16-6-9-20(27-13-14-4-2-1-3-5-14)15(10-16)12-23-17-7-8-18-19(11-17)25-21(26)24-18;/h1-6,9-10,17-19,23H,7-8,11-13H2,(H2,24,25,26);1H. The number of carbonyl (C=O) groups is 1. The van der Waals surface area contributed by atoms with Gasteiger partial charge in [-0.3, -0.25) is 0 Å². The minimum atomic E-state index is -0.0331. The minimum absolute atomic E-state index is 0. The molecule has 3 atom stereocenters. The average Bonchev–Trinajstić information content (AvgIpc) is 3.05. The largest absolute Gasteiger partial charge is 0.489 e. The predicted octanol–water partition coefficient (Wildman–Crippen LogP) is 4.14. The lowest BCUT2D eigenvalue weighted by Gasteiger charge is -2.31. The maximum atomic E-state index is 11.5. The molecule has 2 fully saturated rings. The summed E-state index contributed by atoms with van der Waals surface area (Å²) in [5.74, 6) is 0.902. The van der Waals surface area contributed by atoms with Crippen LogP contribution < -0.4 is 20.7 Å². The SMILES string of the molecule is Cl.O=C1NC2CCC(NCc3cc(Br)ccc3OCc3ccccc3)CC2N1. The van der Waals surface area contributed by atoms with Crippen molar-refractivity contribution >= 4 is 34.4 Å². The fourth-order valence-electron chi connectivity index (χ4n) is 3.88. The summed E-state index contributed by atoms with van der Waals surface area (Å²) in [5, 5.41) is 9.67. The van der Waals surface area contributed by atoms with Crippen molar-refractivity contribution in [1.29, 1.82) is 0 Å². The second kappa shape index (κ2) is 9.63. The second-order valence-electron chi connectivity index (χ2n) is 7.25.